The molecule has 0 atom stereocenters. The van der Waals surface area contributed by atoms with Crippen LogP contribution in [0.4, 0.5) is 0 Å². The van der Waals surface area contributed by atoms with Crippen molar-refractivity contribution in [2.45, 2.75) is 10.8 Å². The van der Waals surface area contributed by atoms with Crippen molar-refractivity contribution in [1.29, 1.82) is 0 Å². The maximum Gasteiger partial charge on any atom is 0.193 e. The molecule has 0 aliphatic heterocycles. The summed E-state index contributed by atoms with van der Waals surface area (Å²) < 4.78 is 0. The van der Waals surface area contributed by atoms with Gasteiger partial charge in [0.15, 0.2) is 23.3 Å². The lowest BCUT2D eigenvalue weighted by Crippen LogP contribution is -2.26. The minimum Gasteiger partial charge on any atom is -0.289 e. The number of benzene rings is 10. The lowest BCUT2D eigenvalue weighted by atomic mass is 9.69. The number of nitrogens with zero attached hydrogens (tertiary/aromatic N) is 3. The highest BCUT2D eigenvalue weighted by Crippen LogP contribution is 2.65. The molecule has 0 saturated carbocycles. The lowest BCUT2D eigenvalue weighted by molar-refractivity contribution is 0.103. The molecule has 1 aromatic heterocycles. The molecular weight excluding hydrogens is 851 g/mol. The van der Waals surface area contributed by atoms with Gasteiger partial charge in [-0.3, -0.25) is 4.79 Å². The van der Waals surface area contributed by atoms with Crippen molar-refractivity contribution in [2.75, 3.05) is 0 Å². The fourth-order valence-corrected chi connectivity index (χ4v) is 12.8. The predicted octanol–water partition coefficient (Wildman–Crippen LogP) is 14.8. The van der Waals surface area contributed by atoms with E-state index in [9.17, 15) is 0 Å². The molecule has 1 heterocycles. The van der Waals surface area contributed by atoms with Gasteiger partial charge in [-0.1, -0.05) is 218 Å². The van der Waals surface area contributed by atoms with Crippen LogP contribution in [0.25, 0.3) is 78.7 Å². The summed E-state index contributed by atoms with van der Waals surface area (Å²) in [6.45, 7) is 0. The van der Waals surface area contributed by atoms with Gasteiger partial charge in [0.25, 0.3) is 0 Å². The van der Waals surface area contributed by atoms with E-state index in [1.54, 1.807) is 0 Å². The van der Waals surface area contributed by atoms with E-state index in [2.05, 4.69) is 164 Å². The molecule has 2 spiro atoms. The first-order valence-electron chi connectivity index (χ1n) is 24.0. The Bertz CT molecular complexity index is 3870. The Balaban J connectivity index is 0.920. The summed E-state index contributed by atoms with van der Waals surface area (Å²) in [7, 11) is 0. The fraction of sp³-hybridized carbons (Fsp3) is 0.0303. The summed E-state index contributed by atoms with van der Waals surface area (Å²) >= 11 is 0. The molecule has 324 valence electrons. The molecule has 11 aromatic rings. The Labute approximate surface area is 405 Å². The van der Waals surface area contributed by atoms with Crippen molar-refractivity contribution in [1.82, 2.24) is 15.0 Å². The first kappa shape index (κ1) is 38.9. The monoisotopic (exact) mass is 889 g/mol. The van der Waals surface area contributed by atoms with Crippen LogP contribution in [-0.4, -0.2) is 20.7 Å². The maximum absolute atomic E-state index is 15.5. The Morgan fingerprint density at radius 1 is 0.257 bits per heavy atom. The molecule has 10 aromatic carbocycles. The van der Waals surface area contributed by atoms with Crippen molar-refractivity contribution in [3.8, 4) is 78.7 Å². The first-order chi connectivity index (χ1) is 34.6. The number of aromatic nitrogens is 3. The third kappa shape index (κ3) is 5.09. The van der Waals surface area contributed by atoms with E-state index in [0.717, 1.165) is 44.5 Å². The van der Waals surface area contributed by atoms with Gasteiger partial charge in [-0.05, 0) is 107 Å². The number of hydrogen-bond donors (Lipinski definition) is 0. The van der Waals surface area contributed by atoms with Gasteiger partial charge in [-0.15, -0.1) is 0 Å². The Morgan fingerprint density at radius 3 is 0.929 bits per heavy atom. The summed E-state index contributed by atoms with van der Waals surface area (Å²) in [5, 5.41) is 0. The van der Waals surface area contributed by atoms with Crippen LogP contribution in [0.15, 0.2) is 237 Å². The standard InChI is InChI=1S/C66H39N3O/c70-61(42-31-34-50-49-25-11-14-28-55(49)65(58(50)37-42)53-26-12-7-21-45(53)46-22-8-13-27-54(46)65)43-32-35-51-52-36-33-44(64-68-62(40-17-3-1-4-18-40)67-63(69-64)41-19-5-2-6-20-41)39-60(52)66(59(51)38-43)56-29-15-9-23-47(56)48-24-10-16-30-57(48)66/h1-39H. The highest BCUT2D eigenvalue weighted by Gasteiger charge is 2.53. The molecule has 15 rings (SSSR count). The van der Waals surface area contributed by atoms with E-state index >= 15 is 4.79 Å². The molecule has 0 bridgehead atoms. The van der Waals surface area contributed by atoms with Crippen molar-refractivity contribution >= 4 is 5.78 Å². The van der Waals surface area contributed by atoms with Crippen LogP contribution in [0.1, 0.15) is 60.4 Å². The van der Waals surface area contributed by atoms with Crippen LogP contribution in [0.5, 0.6) is 0 Å². The number of carbonyl (C=O) groups is 1. The van der Waals surface area contributed by atoms with E-state index < -0.39 is 10.8 Å². The van der Waals surface area contributed by atoms with Gasteiger partial charge in [0.2, 0.25) is 0 Å². The smallest absolute Gasteiger partial charge is 0.193 e. The second kappa shape index (κ2) is 14.4. The van der Waals surface area contributed by atoms with Crippen LogP contribution in [-0.2, 0) is 10.8 Å². The molecule has 0 unspecified atom stereocenters. The Hall–Kier alpha value is -9.12. The average molecular weight is 890 g/mol. The zero-order valence-corrected chi connectivity index (χ0v) is 37.8. The van der Waals surface area contributed by atoms with E-state index in [1.807, 2.05) is 72.8 Å². The number of carbonyl (C=O) groups excluding carboxylic acids is 1. The summed E-state index contributed by atoms with van der Waals surface area (Å²) in [6.07, 6.45) is 0. The second-order valence-electron chi connectivity index (χ2n) is 18.9. The maximum atomic E-state index is 15.5. The number of hydrogen-bond acceptors (Lipinski definition) is 4. The zero-order chi connectivity index (χ0) is 46.1. The van der Waals surface area contributed by atoms with Crippen molar-refractivity contribution in [3.63, 3.8) is 0 Å². The molecule has 0 amide bonds. The zero-order valence-electron chi connectivity index (χ0n) is 37.8. The highest BCUT2D eigenvalue weighted by molar-refractivity contribution is 6.11. The van der Waals surface area contributed by atoms with Crippen LogP contribution >= 0.6 is 0 Å². The van der Waals surface area contributed by atoms with E-state index in [-0.39, 0.29) is 5.78 Å². The van der Waals surface area contributed by atoms with E-state index in [0.29, 0.717) is 28.6 Å². The topological polar surface area (TPSA) is 55.7 Å². The highest BCUT2D eigenvalue weighted by atomic mass is 16.1. The van der Waals surface area contributed by atoms with Crippen LogP contribution in [0.3, 0.4) is 0 Å². The molecule has 4 aliphatic carbocycles. The van der Waals surface area contributed by atoms with Crippen molar-refractivity contribution < 1.29 is 4.79 Å². The minimum absolute atomic E-state index is 0.00490. The van der Waals surface area contributed by atoms with E-state index in [1.165, 1.54) is 61.2 Å². The van der Waals surface area contributed by atoms with Gasteiger partial charge in [-0.25, -0.2) is 15.0 Å². The number of fused-ring (bicyclic) bond motifs is 20. The van der Waals surface area contributed by atoms with Crippen LogP contribution in [0.2, 0.25) is 0 Å². The molecule has 0 N–H and O–H groups in total. The predicted molar refractivity (Wildman–Crippen MR) is 279 cm³/mol. The van der Waals surface area contributed by atoms with Crippen molar-refractivity contribution in [3.05, 3.63) is 292 Å². The molecular formula is C66H39N3O. The minimum atomic E-state index is -0.720. The first-order valence-corrected chi connectivity index (χ1v) is 24.0. The molecule has 4 nitrogen and oxygen atoms in total. The Kier molecular flexibility index (Phi) is 8.03. The average Bonchev–Trinajstić information content (AvgIpc) is 4.12. The van der Waals surface area contributed by atoms with Gasteiger partial charge >= 0.3 is 0 Å². The van der Waals surface area contributed by atoms with Gasteiger partial charge in [0, 0.05) is 27.8 Å². The van der Waals surface area contributed by atoms with Gasteiger partial charge < -0.3 is 0 Å². The molecule has 4 aliphatic rings. The summed E-state index contributed by atoms with van der Waals surface area (Å²) in [5.74, 6) is 1.83. The molecule has 0 saturated heterocycles. The second-order valence-corrected chi connectivity index (χ2v) is 18.9. The van der Waals surface area contributed by atoms with Gasteiger partial charge in [-0.2, -0.15) is 0 Å². The lowest BCUT2D eigenvalue weighted by Gasteiger charge is -2.31. The fourth-order valence-electron chi connectivity index (χ4n) is 12.8. The van der Waals surface area contributed by atoms with Crippen molar-refractivity contribution in [2.24, 2.45) is 0 Å². The quantitative estimate of drug-likeness (QED) is 0.162. The van der Waals surface area contributed by atoms with Crippen LogP contribution < -0.4 is 0 Å². The summed E-state index contributed by atoms with van der Waals surface area (Å²) in [5.41, 5.74) is 21.8. The third-order valence-corrected chi connectivity index (χ3v) is 15.6. The summed E-state index contributed by atoms with van der Waals surface area (Å²) in [6, 6.07) is 83.7. The molecule has 0 fully saturated rings. The number of rotatable bonds is 5. The Morgan fingerprint density at radius 2 is 0.543 bits per heavy atom. The summed E-state index contributed by atoms with van der Waals surface area (Å²) in [4.78, 5) is 30.8. The molecule has 0 radical (unpaired) electrons. The number of ketones is 1. The van der Waals surface area contributed by atoms with Crippen LogP contribution in [0, 0.1) is 0 Å². The van der Waals surface area contributed by atoms with Gasteiger partial charge in [0.05, 0.1) is 10.8 Å². The SMILES string of the molecule is O=C(c1ccc2c(c1)C1(c3ccccc3-c3ccccc31)c1ccccc1-2)c1ccc2c(c1)C1(c3ccccc3-c3ccccc31)c1cc(-c3nc(-c4ccccc4)nc(-c4ccccc4)n3)ccc1-2. The molecule has 4 heteroatoms. The third-order valence-electron chi connectivity index (χ3n) is 15.6. The normalized spacial score (nSPS) is 14.0. The van der Waals surface area contributed by atoms with E-state index in [4.69, 9.17) is 15.0 Å². The molecule has 70 heavy (non-hydrogen) atoms. The van der Waals surface area contributed by atoms with Gasteiger partial charge in [0.1, 0.15) is 0 Å². The largest absolute Gasteiger partial charge is 0.289 e.